The number of nitrogens with two attached hydrogens (primary N) is 1. The van der Waals surface area contributed by atoms with Crippen molar-refractivity contribution in [2.24, 2.45) is 5.14 Å². The largest absolute Gasteiger partial charge is 0.411 e. The molecule has 2 atom stereocenters. The molecule has 208 valence electrons. The lowest BCUT2D eigenvalue weighted by Gasteiger charge is -2.36. The highest BCUT2D eigenvalue weighted by atomic mass is 32.2. The van der Waals surface area contributed by atoms with Crippen LogP contribution in [0.25, 0.3) is 28.0 Å². The SMILES string of the molecule is C[C@H](CC(C)(C)S(N)=O)c1cccc(-c2ccc3cnn(-c4cccc(CO[Si](C)(C)C(C)(C)C)n4)c3c2)n1. The van der Waals surface area contributed by atoms with Crippen molar-refractivity contribution >= 4 is 30.2 Å². The third kappa shape index (κ3) is 6.54. The van der Waals surface area contributed by atoms with E-state index in [0.717, 1.165) is 39.4 Å². The second-order valence-electron chi connectivity index (χ2n) is 12.5. The molecule has 4 aromatic rings. The molecule has 0 saturated carbocycles. The summed E-state index contributed by atoms with van der Waals surface area (Å²) in [6, 6.07) is 18.3. The molecule has 4 rings (SSSR count). The minimum Gasteiger partial charge on any atom is -0.411 e. The van der Waals surface area contributed by atoms with E-state index in [0.29, 0.717) is 13.0 Å². The zero-order valence-electron chi connectivity index (χ0n) is 24.4. The van der Waals surface area contributed by atoms with Crippen LogP contribution < -0.4 is 5.14 Å². The van der Waals surface area contributed by atoms with Gasteiger partial charge in [0.25, 0.3) is 0 Å². The molecular weight excluding hydrogens is 523 g/mol. The van der Waals surface area contributed by atoms with Gasteiger partial charge in [-0.3, -0.25) is 10.1 Å². The summed E-state index contributed by atoms with van der Waals surface area (Å²) in [6.07, 6.45) is 2.54. The van der Waals surface area contributed by atoms with Crippen LogP contribution in [0.1, 0.15) is 65.3 Å². The Morgan fingerprint density at radius 1 is 1.03 bits per heavy atom. The monoisotopic (exact) mass is 563 g/mol. The van der Waals surface area contributed by atoms with Gasteiger partial charge in [0.1, 0.15) is 0 Å². The van der Waals surface area contributed by atoms with E-state index >= 15 is 0 Å². The maximum absolute atomic E-state index is 12.0. The standard InChI is InChI=1S/C30H41N5O2SSi/c1-21(18-30(5,6)38(31)36)25-12-10-13-26(34-25)22-15-16-23-19-32-35(27(23)17-22)28-14-9-11-24(33-28)20-37-39(7,8)29(2,3)4/h9-17,19,21H,18,20,31H2,1-8H3/t21-,38?/m1/s1. The van der Waals surface area contributed by atoms with Crippen LogP contribution in [0.15, 0.2) is 60.8 Å². The van der Waals surface area contributed by atoms with Gasteiger partial charge in [-0.1, -0.05) is 52.0 Å². The molecular formula is C30H41N5O2SSi. The number of pyridine rings is 2. The first-order chi connectivity index (χ1) is 18.2. The molecule has 0 amide bonds. The van der Waals surface area contributed by atoms with Gasteiger partial charge in [0.05, 0.1) is 45.4 Å². The second kappa shape index (κ2) is 11.0. The summed E-state index contributed by atoms with van der Waals surface area (Å²) in [4.78, 5) is 9.85. The number of rotatable bonds is 9. The van der Waals surface area contributed by atoms with Crippen molar-refractivity contribution in [3.05, 3.63) is 72.2 Å². The van der Waals surface area contributed by atoms with E-state index in [1.165, 1.54) is 0 Å². The first-order valence-electron chi connectivity index (χ1n) is 13.4. The van der Waals surface area contributed by atoms with Crippen LogP contribution in [0.2, 0.25) is 18.1 Å². The number of fused-ring (bicyclic) bond motifs is 1. The van der Waals surface area contributed by atoms with Gasteiger partial charge in [0, 0.05) is 16.6 Å². The Balaban J connectivity index is 1.62. The van der Waals surface area contributed by atoms with Crippen molar-refractivity contribution in [2.45, 2.75) is 83.4 Å². The quantitative estimate of drug-likeness (QED) is 0.224. The third-order valence-corrected chi connectivity index (χ3v) is 13.6. The van der Waals surface area contributed by atoms with Crippen molar-refractivity contribution < 1.29 is 8.63 Å². The fourth-order valence-corrected chi connectivity index (χ4v) is 5.66. The summed E-state index contributed by atoms with van der Waals surface area (Å²) in [5, 5.41) is 11.5. The van der Waals surface area contributed by atoms with E-state index in [2.05, 4.69) is 64.1 Å². The van der Waals surface area contributed by atoms with Gasteiger partial charge < -0.3 is 4.43 Å². The number of aromatic nitrogens is 4. The predicted molar refractivity (Wildman–Crippen MR) is 164 cm³/mol. The highest BCUT2D eigenvalue weighted by Crippen LogP contribution is 2.37. The summed E-state index contributed by atoms with van der Waals surface area (Å²) in [5.41, 5.74) is 4.68. The minimum atomic E-state index is -1.88. The zero-order valence-corrected chi connectivity index (χ0v) is 26.2. The fourth-order valence-electron chi connectivity index (χ4n) is 4.31. The minimum absolute atomic E-state index is 0.113. The summed E-state index contributed by atoms with van der Waals surface area (Å²) in [5.74, 6) is 0.869. The molecule has 1 aromatic carbocycles. The number of hydrogen-bond acceptors (Lipinski definition) is 5. The van der Waals surface area contributed by atoms with Crippen molar-refractivity contribution in [3.63, 3.8) is 0 Å². The Kier molecular flexibility index (Phi) is 8.28. The molecule has 0 bridgehead atoms. The second-order valence-corrected chi connectivity index (χ2v) is 19.0. The number of hydrogen-bond donors (Lipinski definition) is 1. The van der Waals surface area contributed by atoms with Gasteiger partial charge in [0.2, 0.25) is 0 Å². The lowest BCUT2D eigenvalue weighted by Crippen LogP contribution is -2.40. The summed E-state index contributed by atoms with van der Waals surface area (Å²) in [7, 11) is -3.29. The van der Waals surface area contributed by atoms with Gasteiger partial charge in [-0.2, -0.15) is 5.10 Å². The lowest BCUT2D eigenvalue weighted by molar-refractivity contribution is 0.272. The Bertz CT molecular complexity index is 1490. The molecule has 0 spiro atoms. The van der Waals surface area contributed by atoms with E-state index in [4.69, 9.17) is 19.5 Å². The van der Waals surface area contributed by atoms with Crippen molar-refractivity contribution in [1.82, 2.24) is 19.7 Å². The molecule has 0 aliphatic rings. The normalized spacial score (nSPS) is 14.5. The molecule has 3 heterocycles. The van der Waals surface area contributed by atoms with Gasteiger partial charge in [0.15, 0.2) is 14.1 Å². The molecule has 0 radical (unpaired) electrons. The van der Waals surface area contributed by atoms with Crippen molar-refractivity contribution in [2.75, 3.05) is 0 Å². The van der Waals surface area contributed by atoms with Gasteiger partial charge in [-0.15, -0.1) is 0 Å². The van der Waals surface area contributed by atoms with Crippen LogP contribution in [0.3, 0.4) is 0 Å². The molecule has 3 aromatic heterocycles. The van der Waals surface area contributed by atoms with Crippen molar-refractivity contribution in [1.29, 1.82) is 0 Å². The summed E-state index contributed by atoms with van der Waals surface area (Å²) < 4.78 is 19.8. The average Bonchev–Trinajstić information content (AvgIpc) is 3.30. The van der Waals surface area contributed by atoms with Crippen LogP contribution in [-0.4, -0.2) is 37.0 Å². The molecule has 7 nitrogen and oxygen atoms in total. The Morgan fingerprint density at radius 3 is 2.44 bits per heavy atom. The van der Waals surface area contributed by atoms with E-state index in [1.807, 2.05) is 61.1 Å². The molecule has 0 saturated heterocycles. The van der Waals surface area contributed by atoms with Crippen LogP contribution in [0.4, 0.5) is 0 Å². The smallest absolute Gasteiger partial charge is 0.192 e. The van der Waals surface area contributed by atoms with Gasteiger partial charge >= 0.3 is 0 Å². The van der Waals surface area contributed by atoms with E-state index in [9.17, 15) is 4.21 Å². The highest BCUT2D eigenvalue weighted by Gasteiger charge is 2.37. The average molecular weight is 564 g/mol. The predicted octanol–water partition coefficient (Wildman–Crippen LogP) is 6.90. The summed E-state index contributed by atoms with van der Waals surface area (Å²) >= 11 is 0. The van der Waals surface area contributed by atoms with Crippen LogP contribution in [0, 0.1) is 0 Å². The third-order valence-electron chi connectivity index (χ3n) is 7.88. The first kappa shape index (κ1) is 29.3. The molecule has 9 heteroatoms. The van der Waals surface area contributed by atoms with Gasteiger partial charge in [-0.25, -0.2) is 13.9 Å². The fraction of sp³-hybridized carbons (Fsp3) is 0.433. The Morgan fingerprint density at radius 2 is 1.74 bits per heavy atom. The highest BCUT2D eigenvalue weighted by molar-refractivity contribution is 7.84. The Labute approximate surface area is 235 Å². The maximum Gasteiger partial charge on any atom is 0.192 e. The zero-order chi connectivity index (χ0) is 28.6. The van der Waals surface area contributed by atoms with E-state index in [1.54, 1.807) is 0 Å². The molecule has 2 N–H and O–H groups in total. The topological polar surface area (TPSA) is 95.9 Å². The Hall–Kier alpha value is -2.72. The van der Waals surface area contributed by atoms with E-state index < -0.39 is 24.1 Å². The van der Waals surface area contributed by atoms with E-state index in [-0.39, 0.29) is 11.0 Å². The number of benzene rings is 1. The maximum atomic E-state index is 12.0. The molecule has 0 fully saturated rings. The number of nitrogens with zero attached hydrogens (tertiary/aromatic N) is 4. The molecule has 39 heavy (non-hydrogen) atoms. The summed E-state index contributed by atoms with van der Waals surface area (Å²) in [6.45, 7) is 17.7. The first-order valence-corrected chi connectivity index (χ1v) is 17.5. The van der Waals surface area contributed by atoms with Crippen molar-refractivity contribution in [3.8, 4) is 17.1 Å². The molecule has 0 aliphatic carbocycles. The van der Waals surface area contributed by atoms with Crippen LogP contribution >= 0.6 is 0 Å². The molecule has 1 unspecified atom stereocenters. The lowest BCUT2D eigenvalue weighted by atomic mass is 9.94. The van der Waals surface area contributed by atoms with Crippen LogP contribution in [0.5, 0.6) is 0 Å². The van der Waals surface area contributed by atoms with Gasteiger partial charge in [-0.05, 0) is 74.7 Å². The molecule has 0 aliphatic heterocycles. The van der Waals surface area contributed by atoms with Crippen LogP contribution in [-0.2, 0) is 22.0 Å².